The van der Waals surface area contributed by atoms with E-state index >= 15 is 0 Å². The molecular weight excluding hydrogens is 379 g/mol. The lowest BCUT2D eigenvalue weighted by Gasteiger charge is -2.15. The van der Waals surface area contributed by atoms with E-state index in [0.717, 1.165) is 9.13 Å². The second-order valence-corrected chi connectivity index (χ2v) is 5.87. The van der Waals surface area contributed by atoms with Gasteiger partial charge in [-0.05, 0) is 52.4 Å². The highest BCUT2D eigenvalue weighted by Crippen LogP contribution is 2.09. The van der Waals surface area contributed by atoms with Crippen molar-refractivity contribution in [2.45, 2.75) is 12.5 Å². The van der Waals surface area contributed by atoms with E-state index in [4.69, 9.17) is 5.73 Å². The molecule has 2 aromatic carbocycles. The lowest BCUT2D eigenvalue weighted by molar-refractivity contribution is -0.119. The molecule has 0 heterocycles. The van der Waals surface area contributed by atoms with Crippen LogP contribution in [0.5, 0.6) is 0 Å². The van der Waals surface area contributed by atoms with Crippen LogP contribution in [0, 0.1) is 3.57 Å². The summed E-state index contributed by atoms with van der Waals surface area (Å²) in [4.78, 5) is 23.6. The summed E-state index contributed by atoms with van der Waals surface area (Å²) in [7, 11) is 0. The van der Waals surface area contributed by atoms with Crippen LogP contribution in [-0.2, 0) is 11.2 Å². The number of primary amides is 1. The van der Waals surface area contributed by atoms with Crippen LogP contribution in [0.4, 0.5) is 0 Å². The number of carbonyl (C=O) groups excluding carboxylic acids is 2. The first-order valence-corrected chi connectivity index (χ1v) is 7.54. The van der Waals surface area contributed by atoms with Crippen LogP contribution in [0.3, 0.4) is 0 Å². The Balaban J connectivity index is 2.07. The molecule has 0 fully saturated rings. The van der Waals surface area contributed by atoms with Gasteiger partial charge >= 0.3 is 0 Å². The molecule has 2 aromatic rings. The summed E-state index contributed by atoms with van der Waals surface area (Å²) in [5.41, 5.74) is 6.84. The van der Waals surface area contributed by atoms with Crippen molar-refractivity contribution in [3.63, 3.8) is 0 Å². The molecule has 0 aliphatic heterocycles. The van der Waals surface area contributed by atoms with Crippen molar-refractivity contribution < 1.29 is 9.59 Å². The molecule has 2 rings (SSSR count). The Kier molecular flexibility index (Phi) is 5.32. The van der Waals surface area contributed by atoms with Crippen LogP contribution in [0.1, 0.15) is 15.9 Å². The summed E-state index contributed by atoms with van der Waals surface area (Å²) >= 11 is 2.21. The maximum absolute atomic E-state index is 12.1. The van der Waals surface area contributed by atoms with E-state index in [0.29, 0.717) is 12.0 Å². The maximum Gasteiger partial charge on any atom is 0.251 e. The highest BCUT2D eigenvalue weighted by atomic mass is 127. The SMILES string of the molecule is NC(=O)[C@H](Cc1ccc(I)cc1)NC(=O)c1ccccc1. The molecule has 2 amide bonds. The molecule has 0 spiro atoms. The van der Waals surface area contributed by atoms with Gasteiger partial charge in [-0.3, -0.25) is 9.59 Å². The molecule has 0 aromatic heterocycles. The van der Waals surface area contributed by atoms with Crippen molar-refractivity contribution in [2.24, 2.45) is 5.73 Å². The number of rotatable bonds is 5. The number of nitrogens with two attached hydrogens (primary N) is 1. The van der Waals surface area contributed by atoms with E-state index in [2.05, 4.69) is 27.9 Å². The lowest BCUT2D eigenvalue weighted by atomic mass is 10.0. The van der Waals surface area contributed by atoms with E-state index in [9.17, 15) is 9.59 Å². The lowest BCUT2D eigenvalue weighted by Crippen LogP contribution is -2.45. The van der Waals surface area contributed by atoms with Gasteiger partial charge < -0.3 is 11.1 Å². The van der Waals surface area contributed by atoms with Crippen LogP contribution < -0.4 is 11.1 Å². The van der Waals surface area contributed by atoms with Crippen molar-refractivity contribution in [1.29, 1.82) is 0 Å². The monoisotopic (exact) mass is 394 g/mol. The van der Waals surface area contributed by atoms with Crippen LogP contribution in [0.15, 0.2) is 54.6 Å². The Morgan fingerprint density at radius 2 is 1.67 bits per heavy atom. The van der Waals surface area contributed by atoms with Crippen molar-refractivity contribution in [3.8, 4) is 0 Å². The van der Waals surface area contributed by atoms with E-state index in [-0.39, 0.29) is 5.91 Å². The van der Waals surface area contributed by atoms with Gasteiger partial charge in [0.2, 0.25) is 5.91 Å². The molecule has 0 aliphatic carbocycles. The summed E-state index contributed by atoms with van der Waals surface area (Å²) in [6.45, 7) is 0. The Morgan fingerprint density at radius 3 is 2.24 bits per heavy atom. The van der Waals surface area contributed by atoms with Gasteiger partial charge in [-0.1, -0.05) is 30.3 Å². The number of hydrogen-bond acceptors (Lipinski definition) is 2. The molecule has 0 radical (unpaired) electrons. The molecule has 0 bridgehead atoms. The minimum absolute atomic E-state index is 0.301. The summed E-state index contributed by atoms with van der Waals surface area (Å²) in [6, 6.07) is 15.8. The Hall–Kier alpha value is -1.89. The molecule has 4 nitrogen and oxygen atoms in total. The first-order chi connectivity index (χ1) is 10.1. The van der Waals surface area contributed by atoms with Gasteiger partial charge in [-0.2, -0.15) is 0 Å². The third-order valence-corrected chi connectivity index (χ3v) is 3.76. The fourth-order valence-electron chi connectivity index (χ4n) is 1.91. The van der Waals surface area contributed by atoms with Crippen molar-refractivity contribution in [3.05, 3.63) is 69.3 Å². The normalized spacial score (nSPS) is 11.7. The highest BCUT2D eigenvalue weighted by Gasteiger charge is 2.19. The van der Waals surface area contributed by atoms with E-state index in [1.165, 1.54) is 0 Å². The van der Waals surface area contributed by atoms with E-state index in [1.54, 1.807) is 24.3 Å². The van der Waals surface area contributed by atoms with Gasteiger partial charge in [0.05, 0.1) is 0 Å². The van der Waals surface area contributed by atoms with Crippen LogP contribution >= 0.6 is 22.6 Å². The molecule has 0 saturated carbocycles. The zero-order valence-electron chi connectivity index (χ0n) is 11.3. The molecule has 108 valence electrons. The molecule has 1 atom stereocenters. The fraction of sp³-hybridized carbons (Fsp3) is 0.125. The van der Waals surface area contributed by atoms with Gasteiger partial charge in [-0.15, -0.1) is 0 Å². The standard InChI is InChI=1S/C16H15IN2O2/c17-13-8-6-11(7-9-13)10-14(15(18)20)19-16(21)12-4-2-1-3-5-12/h1-9,14H,10H2,(H2,18,20)(H,19,21)/t14-/m0/s1. The topological polar surface area (TPSA) is 72.2 Å². The molecule has 0 aliphatic rings. The fourth-order valence-corrected chi connectivity index (χ4v) is 2.27. The predicted molar refractivity (Wildman–Crippen MR) is 89.8 cm³/mol. The van der Waals surface area contributed by atoms with Crippen molar-refractivity contribution >= 4 is 34.4 Å². The van der Waals surface area contributed by atoms with Gasteiger partial charge in [0.15, 0.2) is 0 Å². The molecule has 21 heavy (non-hydrogen) atoms. The Morgan fingerprint density at radius 1 is 1.05 bits per heavy atom. The number of hydrogen-bond donors (Lipinski definition) is 2. The first kappa shape index (κ1) is 15.5. The zero-order chi connectivity index (χ0) is 15.2. The predicted octanol–water partition coefficient (Wildman–Crippen LogP) is 2.12. The number of nitrogens with one attached hydrogen (secondary N) is 1. The average molecular weight is 394 g/mol. The zero-order valence-corrected chi connectivity index (χ0v) is 13.4. The van der Waals surface area contributed by atoms with E-state index < -0.39 is 11.9 Å². The van der Waals surface area contributed by atoms with Crippen LogP contribution in [0.25, 0.3) is 0 Å². The van der Waals surface area contributed by atoms with Gasteiger partial charge in [0.1, 0.15) is 6.04 Å². The number of amides is 2. The van der Waals surface area contributed by atoms with Crippen LogP contribution in [-0.4, -0.2) is 17.9 Å². The smallest absolute Gasteiger partial charge is 0.251 e. The maximum atomic E-state index is 12.1. The van der Waals surface area contributed by atoms with Gasteiger partial charge in [0, 0.05) is 15.6 Å². The molecule has 0 unspecified atom stereocenters. The second-order valence-electron chi connectivity index (χ2n) is 4.63. The summed E-state index contributed by atoms with van der Waals surface area (Å²) in [6.07, 6.45) is 0.380. The van der Waals surface area contributed by atoms with Crippen molar-refractivity contribution in [1.82, 2.24) is 5.32 Å². The molecule has 3 N–H and O–H groups in total. The summed E-state index contributed by atoms with van der Waals surface area (Å²) in [5.74, 6) is -0.845. The molecule has 5 heteroatoms. The van der Waals surface area contributed by atoms with Gasteiger partial charge in [0.25, 0.3) is 5.91 Å². The number of benzene rings is 2. The molecular formula is C16H15IN2O2. The third kappa shape index (κ3) is 4.56. The Labute approximate surface area is 136 Å². The van der Waals surface area contributed by atoms with Crippen molar-refractivity contribution in [2.75, 3.05) is 0 Å². The molecule has 0 saturated heterocycles. The largest absolute Gasteiger partial charge is 0.368 e. The number of carbonyl (C=O) groups is 2. The third-order valence-electron chi connectivity index (χ3n) is 3.04. The summed E-state index contributed by atoms with van der Waals surface area (Å²) < 4.78 is 1.11. The highest BCUT2D eigenvalue weighted by molar-refractivity contribution is 14.1. The quantitative estimate of drug-likeness (QED) is 0.763. The first-order valence-electron chi connectivity index (χ1n) is 6.46. The number of halogens is 1. The van der Waals surface area contributed by atoms with Gasteiger partial charge in [-0.25, -0.2) is 0 Å². The Bertz CT molecular complexity index is 626. The minimum atomic E-state index is -0.724. The second kappa shape index (κ2) is 7.21. The minimum Gasteiger partial charge on any atom is -0.368 e. The average Bonchev–Trinajstić information content (AvgIpc) is 2.49. The van der Waals surface area contributed by atoms with Crippen LogP contribution in [0.2, 0.25) is 0 Å². The summed E-state index contributed by atoms with van der Waals surface area (Å²) in [5, 5.41) is 2.68. The van der Waals surface area contributed by atoms with E-state index in [1.807, 2.05) is 30.3 Å².